The van der Waals surface area contributed by atoms with Gasteiger partial charge in [-0.1, -0.05) is 29.8 Å². The summed E-state index contributed by atoms with van der Waals surface area (Å²) in [6.07, 6.45) is 0. The molecule has 0 fully saturated rings. The lowest BCUT2D eigenvalue weighted by molar-refractivity contribution is 0.176. The smallest absolute Gasteiger partial charge is 0.219 e. The summed E-state index contributed by atoms with van der Waals surface area (Å²) in [6.45, 7) is 0.588. The quantitative estimate of drug-likeness (QED) is 0.627. The molecule has 0 bridgehead atoms. The number of hydrazine groups is 1. The minimum atomic E-state index is 0.276. The van der Waals surface area contributed by atoms with Crippen LogP contribution in [0.15, 0.2) is 30.3 Å². The highest BCUT2D eigenvalue weighted by atomic mass is 35.5. The van der Waals surface area contributed by atoms with Crippen LogP contribution in [-0.2, 0) is 18.0 Å². The molecule has 0 aliphatic rings. The van der Waals surface area contributed by atoms with Gasteiger partial charge < -0.3 is 14.9 Å². The van der Waals surface area contributed by atoms with Gasteiger partial charge in [0.05, 0.1) is 0 Å². The molecule has 0 atom stereocenters. The lowest BCUT2D eigenvalue weighted by atomic mass is 10.2. The topological polar surface area (TPSA) is 82.3 Å². The largest absolute Gasteiger partial charge is 0.473 e. The summed E-state index contributed by atoms with van der Waals surface area (Å²) in [5.41, 5.74) is 3.34. The van der Waals surface area contributed by atoms with Crippen molar-refractivity contribution < 1.29 is 9.47 Å². The van der Waals surface area contributed by atoms with E-state index in [0.29, 0.717) is 29.2 Å². The zero-order valence-corrected chi connectivity index (χ0v) is 11.7. The fraction of sp³-hybridized carbons (Fsp3) is 0.231. The number of nitrogens with two attached hydrogens (primary N) is 1. The van der Waals surface area contributed by atoms with Gasteiger partial charge in [0, 0.05) is 23.8 Å². The van der Waals surface area contributed by atoms with Gasteiger partial charge in [-0.2, -0.15) is 4.98 Å². The molecule has 2 rings (SSSR count). The normalized spacial score (nSPS) is 10.3. The summed E-state index contributed by atoms with van der Waals surface area (Å²) < 4.78 is 10.6. The van der Waals surface area contributed by atoms with Crippen molar-refractivity contribution in [1.82, 2.24) is 9.97 Å². The first-order valence-corrected chi connectivity index (χ1v) is 6.30. The van der Waals surface area contributed by atoms with E-state index in [2.05, 4.69) is 15.4 Å². The van der Waals surface area contributed by atoms with E-state index in [4.69, 9.17) is 26.9 Å². The van der Waals surface area contributed by atoms with E-state index in [1.54, 1.807) is 13.2 Å². The molecule has 106 valence electrons. The molecule has 1 aromatic heterocycles. The Hall–Kier alpha value is -1.89. The molecule has 3 N–H and O–H groups in total. The van der Waals surface area contributed by atoms with E-state index in [1.165, 1.54) is 0 Å². The lowest BCUT2D eigenvalue weighted by Crippen LogP contribution is -2.11. The number of benzene rings is 1. The second-order valence-corrected chi connectivity index (χ2v) is 4.37. The number of nitrogens with one attached hydrogen (secondary N) is 1. The van der Waals surface area contributed by atoms with Crippen LogP contribution in [0.25, 0.3) is 0 Å². The van der Waals surface area contributed by atoms with Gasteiger partial charge >= 0.3 is 0 Å². The molecule has 0 spiro atoms. The Morgan fingerprint density at radius 3 is 2.75 bits per heavy atom. The zero-order valence-electron chi connectivity index (χ0n) is 11.0. The molecule has 0 radical (unpaired) electrons. The molecule has 0 unspecified atom stereocenters. The van der Waals surface area contributed by atoms with Crippen LogP contribution < -0.4 is 16.0 Å². The van der Waals surface area contributed by atoms with Crippen molar-refractivity contribution in [3.63, 3.8) is 0 Å². The second kappa shape index (κ2) is 7.04. The maximum absolute atomic E-state index is 6.06. The number of hydrogen-bond donors (Lipinski definition) is 2. The Balaban J connectivity index is 2.12. The van der Waals surface area contributed by atoms with E-state index in [0.717, 1.165) is 5.56 Å². The molecule has 0 aliphatic carbocycles. The fourth-order valence-electron chi connectivity index (χ4n) is 1.58. The summed E-state index contributed by atoms with van der Waals surface area (Å²) in [5, 5.41) is 0.649. The predicted molar refractivity (Wildman–Crippen MR) is 76.3 cm³/mol. The highest BCUT2D eigenvalue weighted by molar-refractivity contribution is 6.31. The molecule has 7 heteroatoms. The van der Waals surface area contributed by atoms with Crippen molar-refractivity contribution in [2.24, 2.45) is 5.84 Å². The van der Waals surface area contributed by atoms with Gasteiger partial charge in [-0.25, -0.2) is 10.8 Å². The van der Waals surface area contributed by atoms with E-state index < -0.39 is 0 Å². The lowest BCUT2D eigenvalue weighted by Gasteiger charge is -2.09. The first kappa shape index (κ1) is 14.5. The summed E-state index contributed by atoms with van der Waals surface area (Å²) in [5.74, 6) is 6.70. The van der Waals surface area contributed by atoms with E-state index >= 15 is 0 Å². The highest BCUT2D eigenvalue weighted by Crippen LogP contribution is 2.19. The van der Waals surface area contributed by atoms with Crippen LogP contribution in [-0.4, -0.2) is 17.1 Å². The van der Waals surface area contributed by atoms with Crippen molar-refractivity contribution in [2.45, 2.75) is 13.2 Å². The maximum Gasteiger partial charge on any atom is 0.219 e. The van der Waals surface area contributed by atoms with Gasteiger partial charge in [-0.3, -0.25) is 0 Å². The van der Waals surface area contributed by atoms with Gasteiger partial charge in [-0.15, -0.1) is 0 Å². The summed E-state index contributed by atoms with van der Waals surface area (Å²) >= 11 is 6.06. The van der Waals surface area contributed by atoms with Crippen LogP contribution >= 0.6 is 11.6 Å². The van der Waals surface area contributed by atoms with Crippen molar-refractivity contribution in [1.29, 1.82) is 0 Å². The zero-order chi connectivity index (χ0) is 14.4. The van der Waals surface area contributed by atoms with Crippen LogP contribution in [0.3, 0.4) is 0 Å². The SMILES string of the molecule is COCc1nc(NN)cc(OCc2ccccc2Cl)n1. The molecule has 0 aliphatic heterocycles. The van der Waals surface area contributed by atoms with E-state index in [-0.39, 0.29) is 6.61 Å². The predicted octanol–water partition coefficient (Wildman–Crippen LogP) is 2.14. The number of methoxy groups -OCH3 is 1. The number of halogens is 1. The van der Waals surface area contributed by atoms with Crippen molar-refractivity contribution in [2.75, 3.05) is 12.5 Å². The third kappa shape index (κ3) is 3.80. The molecule has 0 amide bonds. The summed E-state index contributed by atoms with van der Waals surface area (Å²) in [4.78, 5) is 8.35. The third-order valence-corrected chi connectivity index (χ3v) is 2.87. The Labute approximate surface area is 121 Å². The second-order valence-electron chi connectivity index (χ2n) is 3.97. The third-order valence-electron chi connectivity index (χ3n) is 2.50. The number of nitrogens with zero attached hydrogens (tertiary/aromatic N) is 2. The van der Waals surface area contributed by atoms with E-state index in [9.17, 15) is 0 Å². The minimum absolute atomic E-state index is 0.276. The van der Waals surface area contributed by atoms with Crippen LogP contribution in [0.2, 0.25) is 5.02 Å². The number of nitrogen functional groups attached to an aromatic ring is 1. The first-order chi connectivity index (χ1) is 9.72. The fourth-order valence-corrected chi connectivity index (χ4v) is 1.77. The molecule has 1 aromatic carbocycles. The number of ether oxygens (including phenoxy) is 2. The molecule has 1 heterocycles. The van der Waals surface area contributed by atoms with Crippen LogP contribution in [0.1, 0.15) is 11.4 Å². The molecule has 6 nitrogen and oxygen atoms in total. The average Bonchev–Trinajstić information content (AvgIpc) is 2.46. The molecule has 20 heavy (non-hydrogen) atoms. The van der Waals surface area contributed by atoms with Gasteiger partial charge in [0.1, 0.15) is 19.0 Å². The Bertz CT molecular complexity index is 580. The van der Waals surface area contributed by atoms with Crippen LogP contribution in [0.5, 0.6) is 5.88 Å². The van der Waals surface area contributed by atoms with Gasteiger partial charge in [0.15, 0.2) is 5.82 Å². The van der Waals surface area contributed by atoms with Crippen LogP contribution in [0.4, 0.5) is 5.82 Å². The van der Waals surface area contributed by atoms with Gasteiger partial charge in [-0.05, 0) is 6.07 Å². The Kier molecular flexibility index (Phi) is 5.11. The molecule has 0 saturated carbocycles. The number of hydrogen-bond acceptors (Lipinski definition) is 6. The monoisotopic (exact) mass is 294 g/mol. The Morgan fingerprint density at radius 2 is 2.05 bits per heavy atom. The average molecular weight is 295 g/mol. The minimum Gasteiger partial charge on any atom is -0.473 e. The standard InChI is InChI=1S/C13H15ClN4O2/c1-19-8-12-16-11(18-15)6-13(17-12)20-7-9-4-2-3-5-10(9)14/h2-6H,7-8,15H2,1H3,(H,16,17,18). The van der Waals surface area contributed by atoms with Crippen molar-refractivity contribution in [3.8, 4) is 5.88 Å². The molecule has 0 saturated heterocycles. The van der Waals surface area contributed by atoms with Crippen LogP contribution in [0, 0.1) is 0 Å². The Morgan fingerprint density at radius 1 is 1.25 bits per heavy atom. The van der Waals surface area contributed by atoms with Crippen molar-refractivity contribution >= 4 is 17.4 Å². The molecular formula is C13H15ClN4O2. The first-order valence-electron chi connectivity index (χ1n) is 5.92. The summed E-state index contributed by atoms with van der Waals surface area (Å²) in [7, 11) is 1.57. The molecule has 2 aromatic rings. The number of rotatable bonds is 6. The highest BCUT2D eigenvalue weighted by Gasteiger charge is 2.06. The van der Waals surface area contributed by atoms with Crippen molar-refractivity contribution in [3.05, 3.63) is 46.7 Å². The molecular weight excluding hydrogens is 280 g/mol. The maximum atomic E-state index is 6.06. The van der Waals surface area contributed by atoms with Gasteiger partial charge in [0.25, 0.3) is 0 Å². The van der Waals surface area contributed by atoms with E-state index in [1.807, 2.05) is 24.3 Å². The number of aromatic nitrogens is 2. The summed E-state index contributed by atoms with van der Waals surface area (Å²) in [6, 6.07) is 9.07. The number of anilines is 1. The van der Waals surface area contributed by atoms with Gasteiger partial charge in [0.2, 0.25) is 5.88 Å².